The summed E-state index contributed by atoms with van der Waals surface area (Å²) in [5.41, 5.74) is 3.55. The minimum absolute atomic E-state index is 0.289. The molecule has 8 heteroatoms. The van der Waals surface area contributed by atoms with Crippen LogP contribution in [0.4, 0.5) is 4.79 Å². The van der Waals surface area contributed by atoms with Gasteiger partial charge in [-0.2, -0.15) is 11.8 Å². The molecule has 0 aliphatic heterocycles. The number of hydrogen-bond donors (Lipinski definition) is 2. The largest absolute Gasteiger partial charge is 0.480 e. The van der Waals surface area contributed by atoms with Crippen LogP contribution in [0.3, 0.4) is 0 Å². The lowest BCUT2D eigenvalue weighted by molar-refractivity contribution is -0.139. The minimum atomic E-state index is -1.04. The number of carboxylic acid groups (broad SMARTS) is 1. The van der Waals surface area contributed by atoms with Crippen LogP contribution in [0.25, 0.3) is 11.1 Å². The lowest BCUT2D eigenvalue weighted by atomic mass is 9.89. The molecular weight excluding hydrogens is 536 g/mol. The average molecular weight is 583 g/mol. The van der Waals surface area contributed by atoms with Gasteiger partial charge in [0, 0.05) is 18.7 Å². The van der Waals surface area contributed by atoms with Gasteiger partial charge in [-0.25, -0.2) is 9.59 Å². The van der Waals surface area contributed by atoms with E-state index in [0.29, 0.717) is 43.2 Å². The molecule has 0 heterocycles. The third-order valence-corrected chi connectivity index (χ3v) is 8.15. The first-order chi connectivity index (χ1) is 19.5. The first-order valence-electron chi connectivity index (χ1n) is 14.7. The standard InChI is InChI=1S/C33H46N2O5S/c1-23-11-9-10-14-26(23)28-21-24(15-16-27(28)30(36)34-29(31(37)38)18-20-41-5)17-19-35(32(39)40-33(2,3)4)22-25-12-7-6-8-13-25/h9-11,14-16,21,25,29H,6-8,12-13,17-20,22H2,1-5H3,(H,34,36)(H,37,38)/t29-/m0/s1. The Bertz CT molecular complexity index is 1190. The fourth-order valence-electron chi connectivity index (χ4n) is 5.30. The maximum Gasteiger partial charge on any atom is 0.410 e. The zero-order valence-electron chi connectivity index (χ0n) is 25.2. The number of carbonyl (C=O) groups excluding carboxylic acids is 2. The topological polar surface area (TPSA) is 95.9 Å². The number of thioether (sulfide) groups is 1. The third-order valence-electron chi connectivity index (χ3n) is 7.50. The molecule has 1 saturated carbocycles. The molecule has 224 valence electrons. The second kappa shape index (κ2) is 15.3. The maximum absolute atomic E-state index is 13.4. The van der Waals surface area contributed by atoms with Crippen molar-refractivity contribution in [2.75, 3.05) is 25.1 Å². The van der Waals surface area contributed by atoms with Gasteiger partial charge in [0.1, 0.15) is 11.6 Å². The summed E-state index contributed by atoms with van der Waals surface area (Å²) in [5.74, 6) is -0.327. The fraction of sp³-hybridized carbons (Fsp3) is 0.545. The van der Waals surface area contributed by atoms with Crippen LogP contribution in [0.15, 0.2) is 42.5 Å². The number of benzene rings is 2. The summed E-state index contributed by atoms with van der Waals surface area (Å²) in [4.78, 5) is 40.2. The Morgan fingerprint density at radius 1 is 1.07 bits per heavy atom. The number of nitrogens with zero attached hydrogens (tertiary/aromatic N) is 1. The summed E-state index contributed by atoms with van der Waals surface area (Å²) in [6, 6.07) is 12.6. The van der Waals surface area contributed by atoms with E-state index in [-0.39, 0.29) is 6.09 Å². The van der Waals surface area contributed by atoms with Gasteiger partial charge >= 0.3 is 12.1 Å². The lowest BCUT2D eigenvalue weighted by Gasteiger charge is -2.32. The van der Waals surface area contributed by atoms with Crippen molar-refractivity contribution in [1.82, 2.24) is 10.2 Å². The Hall–Kier alpha value is -3.00. The molecule has 2 amide bonds. The molecular formula is C33H46N2O5S. The minimum Gasteiger partial charge on any atom is -0.480 e. The molecule has 1 atom stereocenters. The van der Waals surface area contributed by atoms with Gasteiger partial charge in [0.25, 0.3) is 5.91 Å². The summed E-state index contributed by atoms with van der Waals surface area (Å²) in [7, 11) is 0. The molecule has 3 rings (SSSR count). The monoisotopic (exact) mass is 582 g/mol. The second-order valence-corrected chi connectivity index (χ2v) is 13.0. The highest BCUT2D eigenvalue weighted by molar-refractivity contribution is 7.98. The van der Waals surface area contributed by atoms with Gasteiger partial charge in [-0.05, 0) is 99.6 Å². The average Bonchev–Trinajstić information content (AvgIpc) is 2.92. The second-order valence-electron chi connectivity index (χ2n) is 12.0. The van der Waals surface area contributed by atoms with Crippen molar-refractivity contribution in [3.63, 3.8) is 0 Å². The molecule has 0 radical (unpaired) electrons. The number of amides is 2. The summed E-state index contributed by atoms with van der Waals surface area (Å²) >= 11 is 1.55. The van der Waals surface area contributed by atoms with Crippen molar-refractivity contribution in [2.24, 2.45) is 5.92 Å². The number of nitrogens with one attached hydrogen (secondary N) is 1. The molecule has 0 bridgehead atoms. The van der Waals surface area contributed by atoms with Crippen LogP contribution >= 0.6 is 11.8 Å². The Labute approximate surface area is 249 Å². The molecule has 1 aliphatic rings. The van der Waals surface area contributed by atoms with Crippen LogP contribution in [-0.4, -0.2) is 64.7 Å². The molecule has 1 aliphatic carbocycles. The van der Waals surface area contributed by atoms with Crippen LogP contribution in [0, 0.1) is 12.8 Å². The maximum atomic E-state index is 13.4. The van der Waals surface area contributed by atoms with Crippen LogP contribution in [0.2, 0.25) is 0 Å². The van der Waals surface area contributed by atoms with E-state index in [1.165, 1.54) is 19.3 Å². The zero-order chi connectivity index (χ0) is 30.0. The zero-order valence-corrected chi connectivity index (χ0v) is 26.0. The first-order valence-corrected chi connectivity index (χ1v) is 16.1. The molecule has 0 unspecified atom stereocenters. The van der Waals surface area contributed by atoms with E-state index < -0.39 is 23.5 Å². The molecule has 2 N–H and O–H groups in total. The van der Waals surface area contributed by atoms with Crippen molar-refractivity contribution in [3.8, 4) is 11.1 Å². The Morgan fingerprint density at radius 2 is 1.78 bits per heavy atom. The van der Waals surface area contributed by atoms with Gasteiger partial charge in [0.05, 0.1) is 0 Å². The number of aryl methyl sites for hydroxylation is 1. The molecule has 0 saturated heterocycles. The number of carbonyl (C=O) groups is 3. The highest BCUT2D eigenvalue weighted by atomic mass is 32.2. The first kappa shape index (κ1) is 32.5. The highest BCUT2D eigenvalue weighted by Gasteiger charge is 2.26. The molecule has 2 aromatic carbocycles. The molecule has 0 aromatic heterocycles. The van der Waals surface area contributed by atoms with Crippen molar-refractivity contribution in [1.29, 1.82) is 0 Å². The van der Waals surface area contributed by atoms with Gasteiger partial charge < -0.3 is 20.1 Å². The summed E-state index contributed by atoms with van der Waals surface area (Å²) in [5, 5.41) is 12.4. The predicted octanol–water partition coefficient (Wildman–Crippen LogP) is 6.96. The SMILES string of the molecule is CSCC[C@H](NC(=O)c1ccc(CCN(CC2CCCCC2)C(=O)OC(C)(C)C)cc1-c1ccccc1C)C(=O)O. The molecule has 0 spiro atoms. The van der Waals surface area contributed by atoms with E-state index in [9.17, 15) is 19.5 Å². The number of hydrogen-bond acceptors (Lipinski definition) is 5. The van der Waals surface area contributed by atoms with Crippen molar-refractivity contribution in [3.05, 3.63) is 59.2 Å². The van der Waals surface area contributed by atoms with Crippen LogP contribution < -0.4 is 5.32 Å². The fourth-order valence-corrected chi connectivity index (χ4v) is 5.77. The van der Waals surface area contributed by atoms with Gasteiger partial charge in [-0.1, -0.05) is 55.7 Å². The third kappa shape index (κ3) is 10.1. The van der Waals surface area contributed by atoms with Crippen molar-refractivity contribution < 1.29 is 24.2 Å². The van der Waals surface area contributed by atoms with Gasteiger partial charge in [0.2, 0.25) is 0 Å². The van der Waals surface area contributed by atoms with E-state index in [0.717, 1.165) is 35.1 Å². The summed E-state index contributed by atoms with van der Waals surface area (Å²) in [6.45, 7) is 8.86. The Kier molecular flexibility index (Phi) is 12.1. The Morgan fingerprint density at radius 3 is 2.41 bits per heavy atom. The smallest absolute Gasteiger partial charge is 0.410 e. The molecule has 7 nitrogen and oxygen atoms in total. The normalized spacial score (nSPS) is 14.8. The van der Waals surface area contributed by atoms with Gasteiger partial charge in [0.15, 0.2) is 0 Å². The quantitative estimate of drug-likeness (QED) is 0.281. The summed E-state index contributed by atoms with van der Waals surface area (Å²) in [6.07, 6.45) is 8.52. The van der Waals surface area contributed by atoms with Gasteiger partial charge in [-0.15, -0.1) is 0 Å². The van der Waals surface area contributed by atoms with Crippen molar-refractivity contribution in [2.45, 2.75) is 84.3 Å². The van der Waals surface area contributed by atoms with Crippen LogP contribution in [0.1, 0.15) is 80.8 Å². The number of carboxylic acids is 1. The molecule has 2 aromatic rings. The van der Waals surface area contributed by atoms with Crippen LogP contribution in [0.5, 0.6) is 0 Å². The lowest BCUT2D eigenvalue weighted by Crippen LogP contribution is -2.41. The van der Waals surface area contributed by atoms with E-state index in [4.69, 9.17) is 4.74 Å². The predicted molar refractivity (Wildman–Crippen MR) is 167 cm³/mol. The number of rotatable bonds is 12. The van der Waals surface area contributed by atoms with Gasteiger partial charge in [-0.3, -0.25) is 4.79 Å². The molecule has 1 fully saturated rings. The van der Waals surface area contributed by atoms with E-state index in [1.54, 1.807) is 17.8 Å². The van der Waals surface area contributed by atoms with Crippen LogP contribution in [-0.2, 0) is 16.0 Å². The number of ether oxygens (including phenoxy) is 1. The molecule has 41 heavy (non-hydrogen) atoms. The van der Waals surface area contributed by atoms with Crippen molar-refractivity contribution >= 4 is 29.7 Å². The van der Waals surface area contributed by atoms with E-state index >= 15 is 0 Å². The highest BCUT2D eigenvalue weighted by Crippen LogP contribution is 2.29. The number of aliphatic carboxylic acids is 1. The Balaban J connectivity index is 1.87. The van der Waals surface area contributed by atoms with E-state index in [2.05, 4.69) is 5.32 Å². The summed E-state index contributed by atoms with van der Waals surface area (Å²) < 4.78 is 5.76. The van der Waals surface area contributed by atoms with E-state index in [1.807, 2.05) is 75.2 Å².